The minimum atomic E-state index is -0.348. The summed E-state index contributed by atoms with van der Waals surface area (Å²) < 4.78 is 0. The first-order valence-corrected chi connectivity index (χ1v) is 4.09. The summed E-state index contributed by atoms with van der Waals surface area (Å²) in [4.78, 5) is 15.2. The Labute approximate surface area is 77.7 Å². The van der Waals surface area contributed by atoms with E-state index in [1.165, 1.54) is 6.92 Å². The smallest absolute Gasteiger partial charge is 0.329 e. The van der Waals surface area contributed by atoms with Crippen molar-refractivity contribution in [3.05, 3.63) is 29.3 Å². The van der Waals surface area contributed by atoms with Gasteiger partial charge in [-0.15, -0.1) is 0 Å². The molecule has 1 aromatic rings. The standard InChI is InChI=1S/C10H13NO2/c1-7-4-8(2)6-10(5-7)11-13-9(3)12/h4-6,11H,1-3H3. The zero-order valence-electron chi connectivity index (χ0n) is 8.05. The van der Waals surface area contributed by atoms with Gasteiger partial charge in [0.15, 0.2) is 0 Å². The molecule has 0 bridgehead atoms. The van der Waals surface area contributed by atoms with Crippen molar-refractivity contribution in [1.29, 1.82) is 0 Å². The van der Waals surface area contributed by atoms with Gasteiger partial charge in [-0.2, -0.15) is 0 Å². The maximum absolute atomic E-state index is 10.5. The molecule has 70 valence electrons. The molecule has 0 unspecified atom stereocenters. The fourth-order valence-electron chi connectivity index (χ4n) is 1.16. The fraction of sp³-hybridized carbons (Fsp3) is 0.300. The highest BCUT2D eigenvalue weighted by atomic mass is 16.7. The zero-order valence-corrected chi connectivity index (χ0v) is 8.05. The molecule has 0 heterocycles. The fourth-order valence-corrected chi connectivity index (χ4v) is 1.16. The van der Waals surface area contributed by atoms with Crippen LogP contribution in [-0.2, 0) is 9.63 Å². The molecule has 0 aromatic heterocycles. The third kappa shape index (κ3) is 3.15. The summed E-state index contributed by atoms with van der Waals surface area (Å²) in [6.45, 7) is 5.34. The van der Waals surface area contributed by atoms with E-state index in [4.69, 9.17) is 0 Å². The Hall–Kier alpha value is -1.51. The molecular weight excluding hydrogens is 166 g/mol. The lowest BCUT2D eigenvalue weighted by Gasteiger charge is -2.06. The maximum Gasteiger partial charge on any atom is 0.329 e. The third-order valence-corrected chi connectivity index (χ3v) is 1.53. The first-order valence-electron chi connectivity index (χ1n) is 4.09. The number of hydrogen-bond acceptors (Lipinski definition) is 3. The number of carbonyl (C=O) groups is 1. The van der Waals surface area contributed by atoms with Crippen molar-refractivity contribution in [2.24, 2.45) is 0 Å². The van der Waals surface area contributed by atoms with E-state index in [-0.39, 0.29) is 5.97 Å². The first kappa shape index (κ1) is 9.58. The summed E-state index contributed by atoms with van der Waals surface area (Å²) in [6, 6.07) is 5.88. The molecule has 0 aliphatic heterocycles. The van der Waals surface area contributed by atoms with Crippen LogP contribution in [0.25, 0.3) is 0 Å². The van der Waals surface area contributed by atoms with E-state index >= 15 is 0 Å². The Balaban J connectivity index is 2.71. The second kappa shape index (κ2) is 3.94. The van der Waals surface area contributed by atoms with Crippen molar-refractivity contribution >= 4 is 11.7 Å². The minimum Gasteiger partial charge on any atom is -0.344 e. The van der Waals surface area contributed by atoms with Crippen molar-refractivity contribution in [3.8, 4) is 0 Å². The Morgan fingerprint density at radius 2 is 1.77 bits per heavy atom. The summed E-state index contributed by atoms with van der Waals surface area (Å²) in [7, 11) is 0. The second-order valence-corrected chi connectivity index (χ2v) is 3.07. The van der Waals surface area contributed by atoms with Gasteiger partial charge in [0.1, 0.15) is 0 Å². The summed E-state index contributed by atoms with van der Waals surface area (Å²) in [5.41, 5.74) is 5.64. The van der Waals surface area contributed by atoms with E-state index in [9.17, 15) is 4.79 Å². The topological polar surface area (TPSA) is 38.3 Å². The zero-order chi connectivity index (χ0) is 9.84. The molecule has 13 heavy (non-hydrogen) atoms. The largest absolute Gasteiger partial charge is 0.344 e. The number of benzene rings is 1. The molecule has 1 aromatic carbocycles. The molecule has 1 N–H and O–H groups in total. The van der Waals surface area contributed by atoms with Crippen LogP contribution in [0.15, 0.2) is 18.2 Å². The number of hydrogen-bond donors (Lipinski definition) is 1. The summed E-state index contributed by atoms with van der Waals surface area (Å²) >= 11 is 0. The van der Waals surface area contributed by atoms with Crippen molar-refractivity contribution < 1.29 is 9.63 Å². The quantitative estimate of drug-likeness (QED) is 0.707. The van der Waals surface area contributed by atoms with Gasteiger partial charge in [-0.1, -0.05) is 6.07 Å². The maximum atomic E-state index is 10.5. The average Bonchev–Trinajstić information content (AvgIpc) is 1.99. The lowest BCUT2D eigenvalue weighted by Crippen LogP contribution is -2.06. The highest BCUT2D eigenvalue weighted by molar-refractivity contribution is 5.67. The van der Waals surface area contributed by atoms with Crippen molar-refractivity contribution in [3.63, 3.8) is 0 Å². The van der Waals surface area contributed by atoms with Crippen LogP contribution in [0, 0.1) is 13.8 Å². The van der Waals surface area contributed by atoms with Crippen LogP contribution in [0.1, 0.15) is 18.1 Å². The Morgan fingerprint density at radius 3 is 2.23 bits per heavy atom. The molecule has 0 aliphatic rings. The Morgan fingerprint density at radius 1 is 1.23 bits per heavy atom. The van der Waals surface area contributed by atoms with Crippen LogP contribution >= 0.6 is 0 Å². The monoisotopic (exact) mass is 179 g/mol. The van der Waals surface area contributed by atoms with Crippen LogP contribution in [0.5, 0.6) is 0 Å². The molecule has 0 atom stereocenters. The van der Waals surface area contributed by atoms with Crippen LogP contribution in [0.2, 0.25) is 0 Å². The lowest BCUT2D eigenvalue weighted by molar-refractivity contribution is -0.138. The van der Waals surface area contributed by atoms with E-state index in [2.05, 4.69) is 16.4 Å². The molecule has 3 nitrogen and oxygen atoms in total. The molecule has 0 saturated heterocycles. The molecule has 0 spiro atoms. The summed E-state index contributed by atoms with van der Waals surface area (Å²) in [5.74, 6) is -0.348. The van der Waals surface area contributed by atoms with Gasteiger partial charge in [-0.25, -0.2) is 5.48 Å². The number of carbonyl (C=O) groups excluding carboxylic acids is 1. The van der Waals surface area contributed by atoms with E-state index in [1.807, 2.05) is 26.0 Å². The van der Waals surface area contributed by atoms with Gasteiger partial charge in [-0.05, 0) is 37.1 Å². The van der Waals surface area contributed by atoms with Crippen molar-refractivity contribution in [2.75, 3.05) is 5.48 Å². The average molecular weight is 179 g/mol. The first-order chi connectivity index (χ1) is 6.08. The number of aryl methyl sites for hydroxylation is 2. The predicted octanol–water partition coefficient (Wildman–Crippen LogP) is 2.19. The highest BCUT2D eigenvalue weighted by Crippen LogP contribution is 2.13. The van der Waals surface area contributed by atoms with E-state index < -0.39 is 0 Å². The molecule has 0 amide bonds. The van der Waals surface area contributed by atoms with Gasteiger partial charge in [0.25, 0.3) is 0 Å². The molecule has 0 saturated carbocycles. The van der Waals surface area contributed by atoms with Crippen LogP contribution < -0.4 is 5.48 Å². The summed E-state index contributed by atoms with van der Waals surface area (Å²) in [6.07, 6.45) is 0. The van der Waals surface area contributed by atoms with E-state index in [0.29, 0.717) is 0 Å². The normalized spacial score (nSPS) is 9.46. The minimum absolute atomic E-state index is 0.348. The van der Waals surface area contributed by atoms with Crippen LogP contribution in [0.4, 0.5) is 5.69 Å². The van der Waals surface area contributed by atoms with Gasteiger partial charge in [-0.3, -0.25) is 4.79 Å². The second-order valence-electron chi connectivity index (χ2n) is 3.07. The van der Waals surface area contributed by atoms with E-state index in [0.717, 1.165) is 16.8 Å². The number of rotatable bonds is 2. The van der Waals surface area contributed by atoms with Crippen molar-refractivity contribution in [2.45, 2.75) is 20.8 Å². The highest BCUT2D eigenvalue weighted by Gasteiger charge is 1.96. The van der Waals surface area contributed by atoms with E-state index in [1.54, 1.807) is 0 Å². The molecule has 0 fully saturated rings. The summed E-state index contributed by atoms with van der Waals surface area (Å²) in [5, 5.41) is 0. The molecular formula is C10H13NO2. The predicted molar refractivity (Wildman–Crippen MR) is 51.3 cm³/mol. The van der Waals surface area contributed by atoms with Gasteiger partial charge in [0.2, 0.25) is 0 Å². The van der Waals surface area contributed by atoms with Crippen LogP contribution in [-0.4, -0.2) is 5.97 Å². The molecule has 0 aliphatic carbocycles. The van der Waals surface area contributed by atoms with Gasteiger partial charge in [0.05, 0.1) is 5.69 Å². The molecule has 1 rings (SSSR count). The van der Waals surface area contributed by atoms with Crippen LogP contribution in [0.3, 0.4) is 0 Å². The SMILES string of the molecule is CC(=O)ONc1cc(C)cc(C)c1. The van der Waals surface area contributed by atoms with Gasteiger partial charge >= 0.3 is 5.97 Å². The lowest BCUT2D eigenvalue weighted by atomic mass is 10.1. The number of anilines is 1. The molecule has 0 radical (unpaired) electrons. The van der Waals surface area contributed by atoms with Gasteiger partial charge in [0, 0.05) is 6.92 Å². The third-order valence-electron chi connectivity index (χ3n) is 1.53. The Bertz CT molecular complexity index is 300. The number of nitrogens with one attached hydrogen (secondary N) is 1. The Kier molecular flexibility index (Phi) is 2.90. The van der Waals surface area contributed by atoms with Gasteiger partial charge < -0.3 is 4.84 Å². The molecule has 3 heteroatoms. The van der Waals surface area contributed by atoms with Crippen molar-refractivity contribution in [1.82, 2.24) is 0 Å².